The van der Waals surface area contributed by atoms with Crippen LogP contribution in [0.25, 0.3) is 11.3 Å². The normalized spacial score (nSPS) is 11.7. The van der Waals surface area contributed by atoms with E-state index in [1.54, 1.807) is 0 Å². The van der Waals surface area contributed by atoms with Gasteiger partial charge in [-0.15, -0.1) is 23.1 Å². The van der Waals surface area contributed by atoms with Crippen molar-refractivity contribution in [3.05, 3.63) is 58.9 Å². The number of nitrogens with zero attached hydrogens (tertiary/aromatic N) is 1. The molecular formula is C22H22ClN3O2S2. The van der Waals surface area contributed by atoms with Gasteiger partial charge in [0.25, 0.3) is 0 Å². The second kappa shape index (κ2) is 10.6. The summed E-state index contributed by atoms with van der Waals surface area (Å²) in [5, 5.41) is 8.56. The average molecular weight is 460 g/mol. The van der Waals surface area contributed by atoms with Gasteiger partial charge in [-0.2, -0.15) is 0 Å². The van der Waals surface area contributed by atoms with E-state index in [9.17, 15) is 9.59 Å². The first-order valence-electron chi connectivity index (χ1n) is 9.53. The Kier molecular flexibility index (Phi) is 7.90. The summed E-state index contributed by atoms with van der Waals surface area (Å²) in [7, 11) is 0. The second-order valence-corrected chi connectivity index (χ2v) is 9.33. The molecule has 3 rings (SSSR count). The van der Waals surface area contributed by atoms with Crippen LogP contribution in [-0.2, 0) is 9.59 Å². The number of rotatable bonds is 8. The van der Waals surface area contributed by atoms with Crippen LogP contribution in [0.1, 0.15) is 26.7 Å². The summed E-state index contributed by atoms with van der Waals surface area (Å²) in [5.41, 5.74) is 2.47. The molecule has 0 aliphatic heterocycles. The lowest BCUT2D eigenvalue weighted by Crippen LogP contribution is -2.22. The quantitative estimate of drug-likeness (QED) is 0.386. The van der Waals surface area contributed by atoms with Crippen molar-refractivity contribution in [1.82, 2.24) is 4.98 Å². The SMILES string of the molecule is CCCC(=O)Nc1cccc(SC(C)C(=O)Nc2nc(-c3ccc(Cl)cc3)cs2)c1. The minimum atomic E-state index is -0.325. The fourth-order valence-electron chi connectivity index (χ4n) is 2.65. The maximum atomic E-state index is 12.6. The standard InChI is InChI=1S/C22H22ClN3O2S2/c1-3-5-20(27)24-17-6-4-7-18(12-17)30-14(2)21(28)26-22-25-19(13-29-22)15-8-10-16(23)11-9-15/h4,6-14H,3,5H2,1-2H3,(H,24,27)(H,25,26,28). The van der Waals surface area contributed by atoms with Crippen LogP contribution >= 0.6 is 34.7 Å². The summed E-state index contributed by atoms with van der Waals surface area (Å²) in [6.07, 6.45) is 1.29. The minimum absolute atomic E-state index is 0.00861. The number of aromatic nitrogens is 1. The molecule has 1 aromatic heterocycles. The average Bonchev–Trinajstić information content (AvgIpc) is 3.17. The maximum Gasteiger partial charge on any atom is 0.239 e. The molecule has 2 N–H and O–H groups in total. The van der Waals surface area contributed by atoms with Gasteiger partial charge in [-0.3, -0.25) is 9.59 Å². The molecule has 0 saturated heterocycles. The number of nitrogens with one attached hydrogen (secondary N) is 2. The topological polar surface area (TPSA) is 71.1 Å². The van der Waals surface area contributed by atoms with E-state index < -0.39 is 0 Å². The molecule has 0 fully saturated rings. The lowest BCUT2D eigenvalue weighted by molar-refractivity contribution is -0.116. The van der Waals surface area contributed by atoms with Crippen LogP contribution in [0.3, 0.4) is 0 Å². The van der Waals surface area contributed by atoms with E-state index >= 15 is 0 Å². The van der Waals surface area contributed by atoms with Gasteiger partial charge in [-0.25, -0.2) is 4.98 Å². The molecule has 0 aliphatic carbocycles. The van der Waals surface area contributed by atoms with E-state index in [4.69, 9.17) is 11.6 Å². The molecule has 156 valence electrons. The van der Waals surface area contributed by atoms with Crippen molar-refractivity contribution in [3.63, 3.8) is 0 Å². The van der Waals surface area contributed by atoms with Gasteiger partial charge in [0.2, 0.25) is 11.8 Å². The Morgan fingerprint density at radius 2 is 1.93 bits per heavy atom. The molecule has 8 heteroatoms. The van der Waals surface area contributed by atoms with E-state index in [0.717, 1.165) is 28.3 Å². The van der Waals surface area contributed by atoms with Gasteiger partial charge < -0.3 is 10.6 Å². The number of anilines is 2. The molecule has 1 heterocycles. The number of hydrogen-bond donors (Lipinski definition) is 2. The van der Waals surface area contributed by atoms with E-state index in [0.29, 0.717) is 16.6 Å². The van der Waals surface area contributed by atoms with Crippen molar-refractivity contribution in [3.8, 4) is 11.3 Å². The van der Waals surface area contributed by atoms with Gasteiger partial charge >= 0.3 is 0 Å². The molecule has 3 aromatic rings. The number of benzene rings is 2. The summed E-state index contributed by atoms with van der Waals surface area (Å²) in [6, 6.07) is 14.9. The molecule has 0 saturated carbocycles. The van der Waals surface area contributed by atoms with Crippen molar-refractivity contribution in [2.75, 3.05) is 10.6 Å². The van der Waals surface area contributed by atoms with Crippen molar-refractivity contribution >= 4 is 57.3 Å². The Labute approximate surface area is 189 Å². The molecule has 0 radical (unpaired) electrons. The van der Waals surface area contributed by atoms with Crippen molar-refractivity contribution in [1.29, 1.82) is 0 Å². The van der Waals surface area contributed by atoms with Crippen LogP contribution in [0.4, 0.5) is 10.8 Å². The fraction of sp³-hybridized carbons (Fsp3) is 0.227. The number of amides is 2. The second-order valence-electron chi connectivity index (χ2n) is 6.62. The summed E-state index contributed by atoms with van der Waals surface area (Å²) >= 11 is 8.74. The van der Waals surface area contributed by atoms with Crippen molar-refractivity contribution in [2.24, 2.45) is 0 Å². The summed E-state index contributed by atoms with van der Waals surface area (Å²) < 4.78 is 0. The third-order valence-electron chi connectivity index (χ3n) is 4.15. The number of carbonyl (C=O) groups is 2. The van der Waals surface area contributed by atoms with Gasteiger partial charge in [0.05, 0.1) is 10.9 Å². The fourth-order valence-corrected chi connectivity index (χ4v) is 4.42. The zero-order valence-corrected chi connectivity index (χ0v) is 19.0. The van der Waals surface area contributed by atoms with E-state index in [1.165, 1.54) is 23.1 Å². The molecule has 0 spiro atoms. The first-order valence-corrected chi connectivity index (χ1v) is 11.7. The smallest absolute Gasteiger partial charge is 0.239 e. The molecule has 0 aliphatic rings. The van der Waals surface area contributed by atoms with Gasteiger partial charge in [0, 0.05) is 33.0 Å². The van der Waals surface area contributed by atoms with Crippen LogP contribution in [-0.4, -0.2) is 22.0 Å². The molecule has 30 heavy (non-hydrogen) atoms. The van der Waals surface area contributed by atoms with E-state index in [2.05, 4.69) is 15.6 Å². The lowest BCUT2D eigenvalue weighted by atomic mass is 10.2. The van der Waals surface area contributed by atoms with Crippen molar-refractivity contribution in [2.45, 2.75) is 36.8 Å². The highest BCUT2D eigenvalue weighted by molar-refractivity contribution is 8.00. The summed E-state index contributed by atoms with van der Waals surface area (Å²) in [4.78, 5) is 29.8. The van der Waals surface area contributed by atoms with Crippen LogP contribution in [0.15, 0.2) is 58.8 Å². The molecular weight excluding hydrogens is 438 g/mol. The Balaban J connectivity index is 1.59. The highest BCUT2D eigenvalue weighted by atomic mass is 35.5. The van der Waals surface area contributed by atoms with Crippen LogP contribution < -0.4 is 10.6 Å². The summed E-state index contributed by atoms with van der Waals surface area (Å²) in [6.45, 7) is 3.81. The zero-order chi connectivity index (χ0) is 21.5. The first-order chi connectivity index (χ1) is 14.4. The molecule has 5 nitrogen and oxygen atoms in total. The Bertz CT molecular complexity index is 1020. The third kappa shape index (κ3) is 6.32. The zero-order valence-electron chi connectivity index (χ0n) is 16.6. The third-order valence-corrected chi connectivity index (χ3v) is 6.25. The number of thiazole rings is 1. The van der Waals surface area contributed by atoms with E-state index in [1.807, 2.05) is 67.8 Å². The van der Waals surface area contributed by atoms with E-state index in [-0.39, 0.29) is 17.1 Å². The van der Waals surface area contributed by atoms with Gasteiger partial charge in [-0.05, 0) is 43.7 Å². The van der Waals surface area contributed by atoms with Gasteiger partial charge in [0.1, 0.15) is 0 Å². The van der Waals surface area contributed by atoms with Crippen molar-refractivity contribution < 1.29 is 9.59 Å². The Morgan fingerprint density at radius 1 is 1.17 bits per heavy atom. The Morgan fingerprint density at radius 3 is 2.67 bits per heavy atom. The van der Waals surface area contributed by atoms with Gasteiger partial charge in [-0.1, -0.05) is 36.7 Å². The highest BCUT2D eigenvalue weighted by Crippen LogP contribution is 2.29. The highest BCUT2D eigenvalue weighted by Gasteiger charge is 2.17. The van der Waals surface area contributed by atoms with Gasteiger partial charge in [0.15, 0.2) is 5.13 Å². The van der Waals surface area contributed by atoms with Crippen LogP contribution in [0.2, 0.25) is 5.02 Å². The number of thioether (sulfide) groups is 1. The number of hydrogen-bond acceptors (Lipinski definition) is 5. The maximum absolute atomic E-state index is 12.6. The molecule has 0 bridgehead atoms. The summed E-state index contributed by atoms with van der Waals surface area (Å²) in [5.74, 6) is -0.136. The largest absolute Gasteiger partial charge is 0.326 e. The predicted molar refractivity (Wildman–Crippen MR) is 126 cm³/mol. The van der Waals surface area contributed by atoms with Crippen LogP contribution in [0.5, 0.6) is 0 Å². The van der Waals surface area contributed by atoms with Crippen LogP contribution in [0, 0.1) is 0 Å². The molecule has 2 amide bonds. The Hall–Kier alpha value is -2.35. The molecule has 1 unspecified atom stereocenters. The number of halogens is 1. The first kappa shape index (κ1) is 22.3. The molecule has 2 aromatic carbocycles. The number of carbonyl (C=O) groups excluding carboxylic acids is 2. The predicted octanol–water partition coefficient (Wildman–Crippen LogP) is 6.32. The minimum Gasteiger partial charge on any atom is -0.326 e. The lowest BCUT2D eigenvalue weighted by Gasteiger charge is -2.12. The monoisotopic (exact) mass is 459 g/mol. The molecule has 1 atom stereocenters.